The molecule has 116 valence electrons. The number of carboxylic acid groups (broad SMARTS) is 1. The number of nitrogens with zero attached hydrogens (tertiary/aromatic N) is 3. The third-order valence-corrected chi connectivity index (χ3v) is 3.37. The van der Waals surface area contributed by atoms with Crippen LogP contribution < -0.4 is 5.32 Å². The SMILES string of the molecule is CCCN(C(=O)NCc1ncn[nH]1)C1COCC1C(=O)O. The normalized spacial score (nSPS) is 21.2. The predicted molar refractivity (Wildman–Crippen MR) is 71.3 cm³/mol. The van der Waals surface area contributed by atoms with Crippen LogP contribution in [0.15, 0.2) is 6.33 Å². The summed E-state index contributed by atoms with van der Waals surface area (Å²) in [5, 5.41) is 18.3. The van der Waals surface area contributed by atoms with Gasteiger partial charge in [-0.05, 0) is 6.42 Å². The lowest BCUT2D eigenvalue weighted by molar-refractivity contribution is -0.142. The fraction of sp³-hybridized carbons (Fsp3) is 0.667. The van der Waals surface area contributed by atoms with Crippen molar-refractivity contribution in [2.75, 3.05) is 19.8 Å². The van der Waals surface area contributed by atoms with Crippen LogP contribution >= 0.6 is 0 Å². The van der Waals surface area contributed by atoms with Crippen LogP contribution in [0, 0.1) is 5.92 Å². The third-order valence-electron chi connectivity index (χ3n) is 3.37. The molecule has 1 aliphatic heterocycles. The van der Waals surface area contributed by atoms with E-state index in [1.165, 1.54) is 11.2 Å². The molecule has 2 atom stereocenters. The van der Waals surface area contributed by atoms with Crippen LogP contribution in [-0.2, 0) is 16.1 Å². The Bertz CT molecular complexity index is 478. The van der Waals surface area contributed by atoms with Crippen molar-refractivity contribution in [3.8, 4) is 0 Å². The number of amides is 2. The molecule has 9 heteroatoms. The first-order valence-electron chi connectivity index (χ1n) is 6.82. The Hall–Kier alpha value is -2.16. The van der Waals surface area contributed by atoms with E-state index < -0.39 is 17.9 Å². The van der Waals surface area contributed by atoms with Gasteiger partial charge in [-0.25, -0.2) is 9.78 Å². The third kappa shape index (κ3) is 3.69. The summed E-state index contributed by atoms with van der Waals surface area (Å²) in [5.74, 6) is -1.09. The van der Waals surface area contributed by atoms with Gasteiger partial charge in [0.05, 0.1) is 25.8 Å². The molecule has 0 aliphatic carbocycles. The quantitative estimate of drug-likeness (QED) is 0.670. The van der Waals surface area contributed by atoms with E-state index in [-0.39, 0.29) is 25.8 Å². The van der Waals surface area contributed by atoms with Gasteiger partial charge in [0.15, 0.2) is 0 Å². The van der Waals surface area contributed by atoms with Crippen molar-refractivity contribution in [1.29, 1.82) is 0 Å². The second-order valence-electron chi connectivity index (χ2n) is 4.83. The van der Waals surface area contributed by atoms with Gasteiger partial charge in [0, 0.05) is 6.54 Å². The fourth-order valence-corrected chi connectivity index (χ4v) is 2.32. The van der Waals surface area contributed by atoms with Gasteiger partial charge >= 0.3 is 12.0 Å². The summed E-state index contributed by atoms with van der Waals surface area (Å²) in [6.07, 6.45) is 2.09. The van der Waals surface area contributed by atoms with Crippen LogP contribution in [0.25, 0.3) is 0 Å². The molecular formula is C12H19N5O4. The van der Waals surface area contributed by atoms with Crippen LogP contribution in [0.4, 0.5) is 4.79 Å². The molecule has 21 heavy (non-hydrogen) atoms. The number of aliphatic carboxylic acids is 1. The highest BCUT2D eigenvalue weighted by atomic mass is 16.5. The lowest BCUT2D eigenvalue weighted by Crippen LogP contribution is -2.50. The molecule has 1 aromatic heterocycles. The van der Waals surface area contributed by atoms with E-state index in [1.54, 1.807) is 0 Å². The zero-order valence-corrected chi connectivity index (χ0v) is 11.8. The van der Waals surface area contributed by atoms with Crippen LogP contribution in [0.5, 0.6) is 0 Å². The zero-order valence-electron chi connectivity index (χ0n) is 11.8. The Morgan fingerprint density at radius 3 is 3.00 bits per heavy atom. The molecule has 0 bridgehead atoms. The first kappa shape index (κ1) is 15.2. The molecule has 9 nitrogen and oxygen atoms in total. The number of hydrogen-bond acceptors (Lipinski definition) is 5. The number of aromatic amines is 1. The van der Waals surface area contributed by atoms with Crippen LogP contribution in [0.2, 0.25) is 0 Å². The molecule has 3 N–H and O–H groups in total. The summed E-state index contributed by atoms with van der Waals surface area (Å²) in [7, 11) is 0. The van der Waals surface area contributed by atoms with E-state index in [2.05, 4.69) is 20.5 Å². The largest absolute Gasteiger partial charge is 0.481 e. The van der Waals surface area contributed by atoms with Crippen molar-refractivity contribution in [2.45, 2.75) is 25.9 Å². The maximum atomic E-state index is 12.3. The zero-order chi connectivity index (χ0) is 15.2. The van der Waals surface area contributed by atoms with Gasteiger partial charge in [0.25, 0.3) is 0 Å². The van der Waals surface area contributed by atoms with Gasteiger partial charge in [-0.2, -0.15) is 5.10 Å². The number of urea groups is 1. The Morgan fingerprint density at radius 2 is 2.38 bits per heavy atom. The van der Waals surface area contributed by atoms with Crippen molar-refractivity contribution in [2.24, 2.45) is 5.92 Å². The van der Waals surface area contributed by atoms with E-state index >= 15 is 0 Å². The summed E-state index contributed by atoms with van der Waals surface area (Å²) >= 11 is 0. The highest BCUT2D eigenvalue weighted by molar-refractivity contribution is 5.77. The van der Waals surface area contributed by atoms with Gasteiger partial charge in [-0.3, -0.25) is 9.89 Å². The summed E-state index contributed by atoms with van der Waals surface area (Å²) < 4.78 is 5.23. The molecule has 0 spiro atoms. The smallest absolute Gasteiger partial charge is 0.318 e. The minimum absolute atomic E-state index is 0.135. The van der Waals surface area contributed by atoms with Crippen LogP contribution in [0.1, 0.15) is 19.2 Å². The van der Waals surface area contributed by atoms with E-state index in [4.69, 9.17) is 4.74 Å². The van der Waals surface area contributed by atoms with Crippen LogP contribution in [-0.4, -0.2) is 63.0 Å². The Labute approximate surface area is 121 Å². The first-order chi connectivity index (χ1) is 10.1. The summed E-state index contributed by atoms with van der Waals surface area (Å²) in [6.45, 7) is 3.00. The van der Waals surface area contributed by atoms with Gasteiger partial charge in [0.2, 0.25) is 0 Å². The minimum atomic E-state index is -0.943. The molecule has 0 aromatic carbocycles. The maximum Gasteiger partial charge on any atom is 0.318 e. The van der Waals surface area contributed by atoms with Gasteiger partial charge in [0.1, 0.15) is 18.1 Å². The topological polar surface area (TPSA) is 120 Å². The number of aromatic nitrogens is 3. The van der Waals surface area contributed by atoms with E-state index in [9.17, 15) is 14.7 Å². The Kier molecular flexibility index (Phi) is 5.09. The predicted octanol–water partition coefficient (Wildman–Crippen LogP) is -0.174. The number of carbonyl (C=O) groups is 2. The standard InChI is InChI=1S/C12H19N5O4/c1-2-3-17(9-6-21-5-8(9)11(18)19)12(20)13-4-10-14-7-15-16-10/h7-9H,2-6H2,1H3,(H,13,20)(H,18,19)(H,14,15,16). The summed E-state index contributed by atoms with van der Waals surface area (Å²) in [6, 6.07) is -0.771. The fourth-order valence-electron chi connectivity index (χ4n) is 2.32. The molecule has 2 amide bonds. The number of rotatable bonds is 6. The van der Waals surface area contributed by atoms with Crippen molar-refractivity contribution in [3.63, 3.8) is 0 Å². The number of carbonyl (C=O) groups excluding carboxylic acids is 1. The van der Waals surface area contributed by atoms with Gasteiger partial charge < -0.3 is 20.1 Å². The molecule has 2 unspecified atom stereocenters. The average molecular weight is 297 g/mol. The van der Waals surface area contributed by atoms with Crippen molar-refractivity contribution >= 4 is 12.0 Å². The monoisotopic (exact) mass is 297 g/mol. The van der Waals surface area contributed by atoms with Crippen LogP contribution in [0.3, 0.4) is 0 Å². The molecule has 1 aromatic rings. The summed E-state index contributed by atoms with van der Waals surface area (Å²) in [4.78, 5) is 29.0. The lowest BCUT2D eigenvalue weighted by atomic mass is 10.0. The minimum Gasteiger partial charge on any atom is -0.481 e. The Balaban J connectivity index is 1.99. The number of hydrogen-bond donors (Lipinski definition) is 3. The van der Waals surface area contributed by atoms with E-state index in [0.717, 1.165) is 6.42 Å². The number of carboxylic acids is 1. The van der Waals surface area contributed by atoms with Crippen molar-refractivity contribution < 1.29 is 19.4 Å². The Morgan fingerprint density at radius 1 is 1.57 bits per heavy atom. The molecule has 1 aliphatic rings. The molecule has 2 heterocycles. The summed E-state index contributed by atoms with van der Waals surface area (Å²) in [5.41, 5.74) is 0. The lowest BCUT2D eigenvalue weighted by Gasteiger charge is -2.30. The van der Waals surface area contributed by atoms with E-state index in [1.807, 2.05) is 6.92 Å². The average Bonchev–Trinajstić information content (AvgIpc) is 3.12. The van der Waals surface area contributed by atoms with E-state index in [0.29, 0.717) is 12.4 Å². The van der Waals surface area contributed by atoms with Crippen molar-refractivity contribution in [1.82, 2.24) is 25.4 Å². The molecule has 1 fully saturated rings. The highest BCUT2D eigenvalue weighted by Gasteiger charge is 2.39. The second kappa shape index (κ2) is 7.02. The molecule has 1 saturated heterocycles. The molecule has 2 rings (SSSR count). The molecular weight excluding hydrogens is 278 g/mol. The maximum absolute atomic E-state index is 12.3. The molecule has 0 radical (unpaired) electrons. The second-order valence-corrected chi connectivity index (χ2v) is 4.83. The highest BCUT2D eigenvalue weighted by Crippen LogP contribution is 2.20. The first-order valence-corrected chi connectivity index (χ1v) is 6.82. The number of nitrogens with one attached hydrogen (secondary N) is 2. The molecule has 0 saturated carbocycles. The number of H-pyrrole nitrogens is 1. The number of ether oxygens (including phenoxy) is 1. The van der Waals surface area contributed by atoms with Gasteiger partial charge in [-0.1, -0.05) is 6.92 Å². The van der Waals surface area contributed by atoms with Crippen molar-refractivity contribution in [3.05, 3.63) is 12.2 Å². The van der Waals surface area contributed by atoms with Gasteiger partial charge in [-0.15, -0.1) is 0 Å².